The summed E-state index contributed by atoms with van der Waals surface area (Å²) in [7, 11) is 0. The summed E-state index contributed by atoms with van der Waals surface area (Å²) in [4.78, 5) is 15.7. The van der Waals surface area contributed by atoms with Gasteiger partial charge in [0.1, 0.15) is 0 Å². The number of fused-ring (bicyclic) bond motifs is 1. The van der Waals surface area contributed by atoms with Crippen LogP contribution in [0.25, 0.3) is 5.69 Å². The zero-order valence-corrected chi connectivity index (χ0v) is 8.76. The van der Waals surface area contributed by atoms with Crippen LogP contribution >= 0.6 is 0 Å². The van der Waals surface area contributed by atoms with Gasteiger partial charge in [-0.1, -0.05) is 0 Å². The summed E-state index contributed by atoms with van der Waals surface area (Å²) in [6.45, 7) is 0. The summed E-state index contributed by atoms with van der Waals surface area (Å²) >= 11 is 0. The Morgan fingerprint density at radius 2 is 2.25 bits per heavy atom. The van der Waals surface area contributed by atoms with Gasteiger partial charge in [0, 0.05) is 18.8 Å². The van der Waals surface area contributed by atoms with Crippen molar-refractivity contribution in [2.75, 3.05) is 0 Å². The Kier molecular flexibility index (Phi) is 2.06. The molecule has 2 aromatic rings. The molecule has 80 valence electrons. The van der Waals surface area contributed by atoms with Crippen LogP contribution in [0.4, 0.5) is 0 Å². The Bertz CT molecular complexity index is 530. The van der Waals surface area contributed by atoms with Crippen LogP contribution in [0.5, 0.6) is 0 Å². The summed E-state index contributed by atoms with van der Waals surface area (Å²) in [6.07, 6.45) is 7.73. The normalized spacial score (nSPS) is 14.9. The van der Waals surface area contributed by atoms with Gasteiger partial charge in [-0.05, 0) is 25.0 Å². The molecule has 0 atom stereocenters. The van der Waals surface area contributed by atoms with E-state index in [0.717, 1.165) is 29.8 Å². The summed E-state index contributed by atoms with van der Waals surface area (Å²) in [5.74, 6) is 0.205. The van der Waals surface area contributed by atoms with Gasteiger partial charge in [-0.25, -0.2) is 4.68 Å². The highest BCUT2D eigenvalue weighted by molar-refractivity contribution is 5.97. The molecule has 2 heterocycles. The fourth-order valence-electron chi connectivity index (χ4n) is 2.00. The van der Waals surface area contributed by atoms with Crippen molar-refractivity contribution in [1.29, 1.82) is 0 Å². The van der Waals surface area contributed by atoms with Gasteiger partial charge < -0.3 is 0 Å². The van der Waals surface area contributed by atoms with Crippen LogP contribution in [0.1, 0.15) is 28.9 Å². The van der Waals surface area contributed by atoms with E-state index in [1.807, 2.05) is 18.3 Å². The first-order valence-corrected chi connectivity index (χ1v) is 5.37. The van der Waals surface area contributed by atoms with Crippen molar-refractivity contribution in [3.8, 4) is 5.69 Å². The second-order valence-electron chi connectivity index (χ2n) is 3.92. The summed E-state index contributed by atoms with van der Waals surface area (Å²) in [5.41, 5.74) is 2.58. The highest BCUT2D eigenvalue weighted by Gasteiger charge is 2.20. The van der Waals surface area contributed by atoms with Gasteiger partial charge in [-0.2, -0.15) is 5.10 Å². The van der Waals surface area contributed by atoms with Crippen molar-refractivity contribution in [3.05, 3.63) is 42.0 Å². The first kappa shape index (κ1) is 9.27. The first-order chi connectivity index (χ1) is 7.84. The van der Waals surface area contributed by atoms with Crippen molar-refractivity contribution in [2.45, 2.75) is 19.3 Å². The molecule has 0 spiro atoms. The van der Waals surface area contributed by atoms with Crippen LogP contribution in [0.15, 0.2) is 30.7 Å². The van der Waals surface area contributed by atoms with Crippen LogP contribution in [-0.4, -0.2) is 20.5 Å². The van der Waals surface area contributed by atoms with Gasteiger partial charge in [0.05, 0.1) is 23.1 Å². The van der Waals surface area contributed by atoms with Crippen LogP contribution in [0, 0.1) is 0 Å². The molecule has 0 aliphatic heterocycles. The highest BCUT2D eigenvalue weighted by Crippen LogP contribution is 2.21. The van der Waals surface area contributed by atoms with Crippen molar-refractivity contribution in [3.63, 3.8) is 0 Å². The molecular formula is C12H11N3O. The number of hydrogen-bond acceptors (Lipinski definition) is 3. The van der Waals surface area contributed by atoms with Gasteiger partial charge in [0.25, 0.3) is 0 Å². The molecule has 4 nitrogen and oxygen atoms in total. The maximum absolute atomic E-state index is 11.7. The molecule has 16 heavy (non-hydrogen) atoms. The zero-order valence-electron chi connectivity index (χ0n) is 8.76. The molecule has 0 saturated heterocycles. The largest absolute Gasteiger partial charge is 0.294 e. The predicted molar refractivity (Wildman–Crippen MR) is 58.6 cm³/mol. The minimum Gasteiger partial charge on any atom is -0.294 e. The van der Waals surface area contributed by atoms with E-state index in [2.05, 4.69) is 10.1 Å². The van der Waals surface area contributed by atoms with E-state index in [-0.39, 0.29) is 5.78 Å². The van der Waals surface area contributed by atoms with Crippen LogP contribution in [0.3, 0.4) is 0 Å². The second kappa shape index (κ2) is 3.56. The molecule has 2 aromatic heterocycles. The number of pyridine rings is 1. The van der Waals surface area contributed by atoms with Gasteiger partial charge in [0.2, 0.25) is 0 Å². The second-order valence-corrected chi connectivity index (χ2v) is 3.92. The number of ketones is 1. The number of nitrogens with zero attached hydrogens (tertiary/aromatic N) is 3. The number of hydrogen-bond donors (Lipinski definition) is 0. The van der Waals surface area contributed by atoms with E-state index >= 15 is 0 Å². The van der Waals surface area contributed by atoms with E-state index in [0.29, 0.717) is 6.42 Å². The van der Waals surface area contributed by atoms with E-state index in [1.54, 1.807) is 17.1 Å². The zero-order chi connectivity index (χ0) is 11.0. The molecule has 0 radical (unpaired) electrons. The predicted octanol–water partition coefficient (Wildman–Crippen LogP) is 1.79. The lowest BCUT2D eigenvalue weighted by molar-refractivity contribution is 0.0972. The Labute approximate surface area is 92.9 Å². The van der Waals surface area contributed by atoms with Crippen LogP contribution in [-0.2, 0) is 6.42 Å². The average Bonchev–Trinajstić information content (AvgIpc) is 2.76. The highest BCUT2D eigenvalue weighted by atomic mass is 16.1. The summed E-state index contributed by atoms with van der Waals surface area (Å²) < 4.78 is 1.74. The Morgan fingerprint density at radius 3 is 3.00 bits per heavy atom. The third-order valence-electron chi connectivity index (χ3n) is 2.82. The van der Waals surface area contributed by atoms with Crippen LogP contribution < -0.4 is 0 Å². The maximum Gasteiger partial charge on any atom is 0.166 e. The number of carbonyl (C=O) groups is 1. The molecule has 4 heteroatoms. The SMILES string of the molecule is O=C1CCCc2nn(-c3cccnc3)cc21. The number of aryl methyl sites for hydroxylation is 1. The molecule has 1 aliphatic carbocycles. The number of rotatable bonds is 1. The van der Waals surface area contributed by atoms with Gasteiger partial charge >= 0.3 is 0 Å². The Morgan fingerprint density at radius 1 is 1.31 bits per heavy atom. The lowest BCUT2D eigenvalue weighted by Gasteiger charge is -2.06. The quantitative estimate of drug-likeness (QED) is 0.725. The van der Waals surface area contributed by atoms with Gasteiger partial charge in [0.15, 0.2) is 5.78 Å². The smallest absolute Gasteiger partial charge is 0.166 e. The lowest BCUT2D eigenvalue weighted by Crippen LogP contribution is -2.08. The fourth-order valence-corrected chi connectivity index (χ4v) is 2.00. The number of aromatic nitrogens is 3. The molecule has 0 bridgehead atoms. The lowest BCUT2D eigenvalue weighted by atomic mass is 9.97. The monoisotopic (exact) mass is 213 g/mol. The average molecular weight is 213 g/mol. The number of Topliss-reactive ketones (excluding diaryl/α,β-unsaturated/α-hetero) is 1. The van der Waals surface area contributed by atoms with Gasteiger partial charge in [-0.15, -0.1) is 0 Å². The molecule has 0 amide bonds. The minimum atomic E-state index is 0.205. The van der Waals surface area contributed by atoms with Crippen molar-refractivity contribution < 1.29 is 4.79 Å². The summed E-state index contributed by atoms with van der Waals surface area (Å²) in [5, 5.41) is 4.43. The third kappa shape index (κ3) is 1.43. The molecule has 1 aliphatic rings. The van der Waals surface area contributed by atoms with E-state index < -0.39 is 0 Å². The third-order valence-corrected chi connectivity index (χ3v) is 2.82. The standard InChI is InChI=1S/C12H11N3O/c16-12-5-1-4-11-10(12)8-15(14-11)9-3-2-6-13-7-9/h2-3,6-8H,1,4-5H2. The fraction of sp³-hybridized carbons (Fsp3) is 0.250. The van der Waals surface area contributed by atoms with Crippen molar-refractivity contribution >= 4 is 5.78 Å². The van der Waals surface area contributed by atoms with E-state index in [1.165, 1.54) is 0 Å². The molecule has 3 rings (SSSR count). The molecule has 0 fully saturated rings. The number of carbonyl (C=O) groups excluding carboxylic acids is 1. The van der Waals surface area contributed by atoms with Crippen LogP contribution in [0.2, 0.25) is 0 Å². The van der Waals surface area contributed by atoms with Crippen molar-refractivity contribution in [1.82, 2.24) is 14.8 Å². The van der Waals surface area contributed by atoms with E-state index in [4.69, 9.17) is 0 Å². The van der Waals surface area contributed by atoms with Gasteiger partial charge in [-0.3, -0.25) is 9.78 Å². The summed E-state index contributed by atoms with van der Waals surface area (Å²) in [6, 6.07) is 3.79. The first-order valence-electron chi connectivity index (χ1n) is 5.37. The van der Waals surface area contributed by atoms with E-state index in [9.17, 15) is 4.79 Å². The molecule has 0 unspecified atom stereocenters. The van der Waals surface area contributed by atoms with Crippen molar-refractivity contribution in [2.24, 2.45) is 0 Å². The Hall–Kier alpha value is -1.97. The molecular weight excluding hydrogens is 202 g/mol. The Balaban J connectivity index is 2.08. The maximum atomic E-state index is 11.7. The topological polar surface area (TPSA) is 47.8 Å². The molecule has 0 N–H and O–H groups in total. The molecule has 0 aromatic carbocycles. The minimum absolute atomic E-state index is 0.205. The molecule has 0 saturated carbocycles.